The Hall–Kier alpha value is -1.73. The fourth-order valence-corrected chi connectivity index (χ4v) is 3.91. The first-order valence-electron chi connectivity index (χ1n) is 11.0. The molecule has 2 unspecified atom stereocenters. The van der Waals surface area contributed by atoms with Crippen LogP contribution in [0, 0.1) is 15.6 Å². The molecule has 2 heterocycles. The van der Waals surface area contributed by atoms with Crippen LogP contribution in [0.15, 0.2) is 12.3 Å². The maximum Gasteiger partial charge on any atom is 0.579 e. The molecule has 3 N–H and O–H groups in total. The number of ether oxygens (including phenoxy) is 3. The molecule has 0 saturated carbocycles. The van der Waals surface area contributed by atoms with E-state index in [0.29, 0.717) is 18.7 Å². The van der Waals surface area contributed by atoms with E-state index in [1.807, 2.05) is 0 Å². The molecule has 198 valence electrons. The van der Waals surface area contributed by atoms with Gasteiger partial charge in [-0.05, 0) is 72.7 Å². The van der Waals surface area contributed by atoms with Crippen molar-refractivity contribution in [2.24, 2.45) is 10.8 Å². The Morgan fingerprint density at radius 3 is 2.14 bits per heavy atom. The molecule has 1 fully saturated rings. The zero-order valence-corrected chi connectivity index (χ0v) is 22.6. The quantitative estimate of drug-likeness (QED) is 0.194. The van der Waals surface area contributed by atoms with Crippen molar-refractivity contribution in [2.45, 2.75) is 66.7 Å². The number of nitrogens with two attached hydrogens (primary N) is 1. The van der Waals surface area contributed by atoms with Crippen molar-refractivity contribution in [3.63, 3.8) is 0 Å². The lowest BCUT2D eigenvalue weighted by molar-refractivity contribution is -0.165. The molecule has 0 amide bonds. The highest BCUT2D eigenvalue weighted by molar-refractivity contribution is 7.71. The van der Waals surface area contributed by atoms with Crippen molar-refractivity contribution >= 4 is 38.1 Å². The van der Waals surface area contributed by atoms with Crippen LogP contribution in [0.2, 0.25) is 0 Å². The predicted octanol–water partition coefficient (Wildman–Crippen LogP) is 3.69. The van der Waals surface area contributed by atoms with Gasteiger partial charge in [-0.1, -0.05) is 0 Å². The summed E-state index contributed by atoms with van der Waals surface area (Å²) in [4.78, 5) is 38.8. The number of esters is 2. The van der Waals surface area contributed by atoms with Crippen molar-refractivity contribution < 1.29 is 42.3 Å². The molecule has 14 heteroatoms. The molecule has 0 aliphatic carbocycles. The lowest BCUT2D eigenvalue weighted by Crippen LogP contribution is -2.26. The van der Waals surface area contributed by atoms with Crippen LogP contribution < -0.4 is 5.73 Å². The number of carbonyl (C=O) groups is 2. The number of nitrogen functional groups attached to an aromatic ring is 1. The predicted molar refractivity (Wildman–Crippen MR) is 129 cm³/mol. The van der Waals surface area contributed by atoms with Crippen LogP contribution in [-0.2, 0) is 37.4 Å². The van der Waals surface area contributed by atoms with Gasteiger partial charge in [-0.15, -0.1) is 9.05 Å². The monoisotopic (exact) mass is 536 g/mol. The average molecular weight is 537 g/mol. The van der Waals surface area contributed by atoms with E-state index in [9.17, 15) is 14.5 Å². The van der Waals surface area contributed by atoms with E-state index in [0.717, 1.165) is 0 Å². The largest absolute Gasteiger partial charge is 0.579 e. The minimum absolute atomic E-state index is 0.100. The summed E-state index contributed by atoms with van der Waals surface area (Å²) < 4.78 is 34.0. The summed E-state index contributed by atoms with van der Waals surface area (Å²) in [6.45, 7) is 8.70. The van der Waals surface area contributed by atoms with Gasteiger partial charge in [-0.25, -0.2) is 4.98 Å². The average Bonchev–Trinajstić information content (AvgIpc) is 3.19. The maximum absolute atomic E-state index is 12.0. The van der Waals surface area contributed by atoms with Crippen molar-refractivity contribution in [3.8, 4) is 0 Å². The fraction of sp³-hybridized carbons (Fsp3) is 0.714. The second kappa shape index (κ2) is 12.0. The summed E-state index contributed by atoms with van der Waals surface area (Å²) >= 11 is 5.23. The lowest BCUT2D eigenvalue weighted by Gasteiger charge is -2.20. The summed E-state index contributed by atoms with van der Waals surface area (Å²) in [5.41, 5.74) is 4.11. The molecule has 2 atom stereocenters. The third-order valence-electron chi connectivity index (χ3n) is 4.71. The van der Waals surface area contributed by atoms with E-state index in [-0.39, 0.29) is 17.6 Å². The number of anilines is 1. The zero-order chi connectivity index (χ0) is 26.4. The number of rotatable bonds is 10. The standard InChI is InChI=1S/C21H34N3O9PS/c1-20(2,3)17(25)28-12-31-34(27,32-13-29-18(26)21(4,5)6)30-11-14-7-8-16(33-14)24-10-9-15(22)23-19(24)35/h9-10,14,16,27H,7-8,11-13H2,1-6H3,(H-,22,23,35)/p+1. The zero-order valence-electron chi connectivity index (χ0n) is 20.9. The third-order valence-corrected chi connectivity index (χ3v) is 6.35. The van der Waals surface area contributed by atoms with Gasteiger partial charge >= 0.3 is 20.1 Å². The van der Waals surface area contributed by atoms with Crippen LogP contribution in [0.1, 0.15) is 60.6 Å². The SMILES string of the molecule is CC(C)(C)C(=O)OCO[P+](O)(OCOC(=O)C(C)(C)C)OCC1CCC(n2ccc(N)nc2=S)O1. The van der Waals surface area contributed by atoms with Crippen LogP contribution in [0.5, 0.6) is 0 Å². The van der Waals surface area contributed by atoms with Gasteiger partial charge in [0.1, 0.15) is 18.7 Å². The second-order valence-corrected chi connectivity index (χ2v) is 12.0. The molecule has 1 aromatic heterocycles. The van der Waals surface area contributed by atoms with Gasteiger partial charge in [-0.2, -0.15) is 9.42 Å². The van der Waals surface area contributed by atoms with Crippen LogP contribution in [-0.4, -0.2) is 52.7 Å². The highest BCUT2D eigenvalue weighted by Crippen LogP contribution is 2.58. The van der Waals surface area contributed by atoms with E-state index in [1.54, 1.807) is 58.4 Å². The maximum atomic E-state index is 12.0. The summed E-state index contributed by atoms with van der Waals surface area (Å²) in [5, 5.41) is 0. The Kier molecular flexibility index (Phi) is 10.1. The molecule has 1 aliphatic rings. The summed E-state index contributed by atoms with van der Waals surface area (Å²) in [6, 6.07) is 1.62. The van der Waals surface area contributed by atoms with Gasteiger partial charge in [-0.3, -0.25) is 14.2 Å². The number of nitrogens with zero attached hydrogens (tertiary/aromatic N) is 2. The Morgan fingerprint density at radius 1 is 1.11 bits per heavy atom. The Bertz CT molecular complexity index is 913. The third kappa shape index (κ3) is 9.34. The van der Waals surface area contributed by atoms with Crippen LogP contribution in [0.4, 0.5) is 5.82 Å². The van der Waals surface area contributed by atoms with E-state index >= 15 is 0 Å². The summed E-state index contributed by atoms with van der Waals surface area (Å²) in [6.07, 6.45) is 2.11. The summed E-state index contributed by atoms with van der Waals surface area (Å²) in [7, 11) is -4.04. The first-order valence-corrected chi connectivity index (χ1v) is 12.9. The van der Waals surface area contributed by atoms with Crippen LogP contribution in [0.25, 0.3) is 0 Å². The molecular weight excluding hydrogens is 501 g/mol. The molecule has 0 spiro atoms. The topological polar surface area (TPSA) is 154 Å². The summed E-state index contributed by atoms with van der Waals surface area (Å²) in [5.74, 6) is -0.773. The minimum Gasteiger partial charge on any atom is -0.433 e. The normalized spacial score (nSPS) is 18.9. The van der Waals surface area contributed by atoms with Crippen molar-refractivity contribution in [1.29, 1.82) is 0 Å². The highest BCUT2D eigenvalue weighted by Gasteiger charge is 2.48. The fourth-order valence-electron chi connectivity index (χ4n) is 2.67. The van der Waals surface area contributed by atoms with Gasteiger partial charge < -0.3 is 19.9 Å². The first kappa shape index (κ1) is 29.5. The van der Waals surface area contributed by atoms with E-state index in [2.05, 4.69) is 4.98 Å². The van der Waals surface area contributed by atoms with Gasteiger partial charge in [0.25, 0.3) is 0 Å². The van der Waals surface area contributed by atoms with Gasteiger partial charge in [0.05, 0.1) is 16.9 Å². The number of hydrogen-bond acceptors (Lipinski definition) is 12. The molecule has 0 bridgehead atoms. The lowest BCUT2D eigenvalue weighted by atomic mass is 9.98. The first-order chi connectivity index (χ1) is 16.1. The molecule has 35 heavy (non-hydrogen) atoms. The Balaban J connectivity index is 1.96. The van der Waals surface area contributed by atoms with Crippen LogP contribution >= 0.6 is 20.4 Å². The van der Waals surface area contributed by atoms with Gasteiger partial charge in [0, 0.05) is 6.20 Å². The van der Waals surface area contributed by atoms with Crippen molar-refractivity contribution in [2.75, 3.05) is 25.9 Å². The molecule has 0 radical (unpaired) electrons. The highest BCUT2D eigenvalue weighted by atomic mass is 32.1. The number of hydrogen-bond donors (Lipinski definition) is 2. The molecule has 1 aliphatic heterocycles. The molecule has 0 aromatic carbocycles. The minimum atomic E-state index is -4.04. The van der Waals surface area contributed by atoms with E-state index < -0.39 is 50.6 Å². The Labute approximate surface area is 210 Å². The van der Waals surface area contributed by atoms with Crippen LogP contribution in [0.3, 0.4) is 0 Å². The van der Waals surface area contributed by atoms with Gasteiger partial charge in [0.2, 0.25) is 18.4 Å². The Morgan fingerprint density at radius 2 is 1.66 bits per heavy atom. The molecule has 12 nitrogen and oxygen atoms in total. The van der Waals surface area contributed by atoms with E-state index in [4.69, 9.17) is 45.7 Å². The van der Waals surface area contributed by atoms with Crippen molar-refractivity contribution in [3.05, 3.63) is 17.0 Å². The molecule has 2 rings (SSSR count). The van der Waals surface area contributed by atoms with E-state index in [1.165, 1.54) is 0 Å². The number of carbonyl (C=O) groups excluding carboxylic acids is 2. The molecule has 1 saturated heterocycles. The van der Waals surface area contributed by atoms with Crippen molar-refractivity contribution in [1.82, 2.24) is 9.55 Å². The molecule has 1 aromatic rings. The smallest absolute Gasteiger partial charge is 0.433 e. The molecular formula is C21H35N3O9PS+. The number of aromatic nitrogens is 2. The second-order valence-electron chi connectivity index (χ2n) is 9.95. The van der Waals surface area contributed by atoms with Gasteiger partial charge in [0.15, 0.2) is 0 Å².